The maximum Gasteiger partial charge on any atom is 0.0682 e. The summed E-state index contributed by atoms with van der Waals surface area (Å²) < 4.78 is 0. The highest BCUT2D eigenvalue weighted by Gasteiger charge is 2.30. The number of aliphatic hydroxyl groups is 1. The summed E-state index contributed by atoms with van der Waals surface area (Å²) in [6.45, 7) is 11.1. The summed E-state index contributed by atoms with van der Waals surface area (Å²) in [6.07, 6.45) is 3.38. The van der Waals surface area contributed by atoms with Crippen molar-refractivity contribution >= 4 is 0 Å². The minimum absolute atomic E-state index is 0.0825. The molecule has 2 unspecified atom stereocenters. The van der Waals surface area contributed by atoms with Gasteiger partial charge in [-0.1, -0.05) is 27.7 Å². The molecule has 2 heteroatoms. The van der Waals surface area contributed by atoms with Gasteiger partial charge in [0.05, 0.1) is 6.10 Å². The van der Waals surface area contributed by atoms with Crippen LogP contribution in [0.25, 0.3) is 0 Å². The fourth-order valence-corrected chi connectivity index (χ4v) is 2.44. The van der Waals surface area contributed by atoms with Crippen molar-refractivity contribution < 1.29 is 5.11 Å². The van der Waals surface area contributed by atoms with Crippen LogP contribution in [0.4, 0.5) is 0 Å². The second-order valence-corrected chi connectivity index (χ2v) is 5.85. The number of rotatable bonds is 5. The van der Waals surface area contributed by atoms with Crippen LogP contribution >= 0.6 is 0 Å². The van der Waals surface area contributed by atoms with E-state index in [1.54, 1.807) is 0 Å². The lowest BCUT2D eigenvalue weighted by Gasteiger charge is -2.26. The van der Waals surface area contributed by atoms with Crippen LogP contribution in [0.2, 0.25) is 0 Å². The fourth-order valence-electron chi connectivity index (χ4n) is 2.44. The average molecular weight is 213 g/mol. The third kappa shape index (κ3) is 4.52. The quantitative estimate of drug-likeness (QED) is 0.758. The molecule has 0 aromatic carbocycles. The highest BCUT2D eigenvalue weighted by atomic mass is 16.3. The van der Waals surface area contributed by atoms with Crippen molar-refractivity contribution in [2.75, 3.05) is 13.1 Å². The molecule has 2 atom stereocenters. The zero-order valence-corrected chi connectivity index (χ0v) is 10.7. The molecular formula is C13H27NO. The standard InChI is InChI=1S/C13H27NO/c1-10(2)5-6-14-9-13(15)8-12(14)7-11(3)4/h10-13,15H,5-9H2,1-4H3. The Morgan fingerprint density at radius 3 is 2.40 bits per heavy atom. The van der Waals surface area contributed by atoms with E-state index in [2.05, 4.69) is 32.6 Å². The van der Waals surface area contributed by atoms with Crippen molar-refractivity contribution in [1.82, 2.24) is 4.90 Å². The predicted octanol–water partition coefficient (Wildman–Crippen LogP) is 2.51. The minimum Gasteiger partial charge on any atom is -0.392 e. The Morgan fingerprint density at radius 2 is 1.87 bits per heavy atom. The smallest absolute Gasteiger partial charge is 0.0682 e. The lowest BCUT2D eigenvalue weighted by Crippen LogP contribution is -2.32. The Labute approximate surface area is 94.7 Å². The van der Waals surface area contributed by atoms with Gasteiger partial charge in [0.1, 0.15) is 0 Å². The summed E-state index contributed by atoms with van der Waals surface area (Å²) in [6, 6.07) is 0.624. The third-order valence-electron chi connectivity index (χ3n) is 3.24. The van der Waals surface area contributed by atoms with E-state index in [-0.39, 0.29) is 6.10 Å². The Bertz CT molecular complexity index is 179. The second kappa shape index (κ2) is 5.86. The van der Waals surface area contributed by atoms with E-state index in [1.165, 1.54) is 12.8 Å². The van der Waals surface area contributed by atoms with Crippen LogP contribution in [0, 0.1) is 11.8 Å². The minimum atomic E-state index is -0.0825. The molecule has 0 aromatic rings. The van der Waals surface area contributed by atoms with E-state index < -0.39 is 0 Å². The molecule has 0 radical (unpaired) electrons. The van der Waals surface area contributed by atoms with Gasteiger partial charge < -0.3 is 5.11 Å². The Balaban J connectivity index is 2.38. The van der Waals surface area contributed by atoms with Crippen molar-refractivity contribution in [2.24, 2.45) is 11.8 Å². The summed E-state index contributed by atoms with van der Waals surface area (Å²) in [4.78, 5) is 2.49. The average Bonchev–Trinajstić information content (AvgIpc) is 2.41. The zero-order chi connectivity index (χ0) is 11.4. The van der Waals surface area contributed by atoms with Crippen molar-refractivity contribution in [3.05, 3.63) is 0 Å². The van der Waals surface area contributed by atoms with Gasteiger partial charge >= 0.3 is 0 Å². The summed E-state index contributed by atoms with van der Waals surface area (Å²) in [5, 5.41) is 9.71. The number of β-amino-alcohol motifs (C(OH)–C–C–N with tert-alkyl or cyclic N) is 1. The largest absolute Gasteiger partial charge is 0.392 e. The Morgan fingerprint density at radius 1 is 1.20 bits per heavy atom. The molecule has 1 fully saturated rings. The Kier molecular flexibility index (Phi) is 5.07. The van der Waals surface area contributed by atoms with Crippen LogP contribution in [0.5, 0.6) is 0 Å². The van der Waals surface area contributed by atoms with E-state index in [0.717, 1.165) is 31.3 Å². The number of likely N-dealkylation sites (tertiary alicyclic amines) is 1. The van der Waals surface area contributed by atoms with Gasteiger partial charge in [-0.25, -0.2) is 0 Å². The van der Waals surface area contributed by atoms with Crippen molar-refractivity contribution in [2.45, 2.75) is 59.1 Å². The lowest BCUT2D eigenvalue weighted by molar-refractivity contribution is 0.170. The van der Waals surface area contributed by atoms with Gasteiger partial charge in [-0.2, -0.15) is 0 Å². The van der Waals surface area contributed by atoms with Crippen LogP contribution in [0.15, 0.2) is 0 Å². The van der Waals surface area contributed by atoms with Crippen LogP contribution < -0.4 is 0 Å². The summed E-state index contributed by atoms with van der Waals surface area (Å²) >= 11 is 0. The maximum absolute atomic E-state index is 9.71. The lowest BCUT2D eigenvalue weighted by atomic mass is 10.0. The van der Waals surface area contributed by atoms with Crippen LogP contribution in [0.1, 0.15) is 47.0 Å². The van der Waals surface area contributed by atoms with Gasteiger partial charge in [0.25, 0.3) is 0 Å². The number of hydrogen-bond donors (Lipinski definition) is 1. The number of hydrogen-bond acceptors (Lipinski definition) is 2. The molecule has 0 aliphatic carbocycles. The molecule has 1 saturated heterocycles. The molecule has 0 amide bonds. The monoisotopic (exact) mass is 213 g/mol. The van der Waals surface area contributed by atoms with E-state index in [0.29, 0.717) is 6.04 Å². The molecule has 2 nitrogen and oxygen atoms in total. The van der Waals surface area contributed by atoms with Crippen molar-refractivity contribution in [1.29, 1.82) is 0 Å². The second-order valence-electron chi connectivity index (χ2n) is 5.85. The molecule has 1 heterocycles. The van der Waals surface area contributed by atoms with Crippen LogP contribution in [-0.2, 0) is 0 Å². The topological polar surface area (TPSA) is 23.5 Å². The van der Waals surface area contributed by atoms with Crippen LogP contribution in [-0.4, -0.2) is 35.2 Å². The normalized spacial score (nSPS) is 28.2. The summed E-state index contributed by atoms with van der Waals surface area (Å²) in [7, 11) is 0. The fraction of sp³-hybridized carbons (Fsp3) is 1.00. The molecule has 90 valence electrons. The molecule has 0 aromatic heterocycles. The molecule has 1 aliphatic heterocycles. The first-order chi connectivity index (χ1) is 6.99. The first kappa shape index (κ1) is 13.0. The van der Waals surface area contributed by atoms with Gasteiger partial charge in [-0.3, -0.25) is 4.90 Å². The number of aliphatic hydroxyl groups excluding tert-OH is 1. The SMILES string of the molecule is CC(C)CCN1CC(O)CC1CC(C)C. The van der Waals surface area contributed by atoms with Crippen molar-refractivity contribution in [3.63, 3.8) is 0 Å². The summed E-state index contributed by atoms with van der Waals surface area (Å²) in [5.41, 5.74) is 0. The third-order valence-corrected chi connectivity index (χ3v) is 3.24. The molecule has 15 heavy (non-hydrogen) atoms. The molecule has 1 N–H and O–H groups in total. The highest BCUT2D eigenvalue weighted by Crippen LogP contribution is 2.24. The van der Waals surface area contributed by atoms with E-state index >= 15 is 0 Å². The van der Waals surface area contributed by atoms with Crippen LogP contribution in [0.3, 0.4) is 0 Å². The number of nitrogens with zero attached hydrogens (tertiary/aromatic N) is 1. The van der Waals surface area contributed by atoms with Gasteiger partial charge in [0.15, 0.2) is 0 Å². The van der Waals surface area contributed by atoms with Gasteiger partial charge in [0, 0.05) is 12.6 Å². The maximum atomic E-state index is 9.71. The Hall–Kier alpha value is -0.0800. The molecule has 0 bridgehead atoms. The van der Waals surface area contributed by atoms with Gasteiger partial charge in [-0.05, 0) is 37.6 Å². The van der Waals surface area contributed by atoms with Gasteiger partial charge in [-0.15, -0.1) is 0 Å². The van der Waals surface area contributed by atoms with Gasteiger partial charge in [0.2, 0.25) is 0 Å². The van der Waals surface area contributed by atoms with E-state index in [9.17, 15) is 5.11 Å². The first-order valence-electron chi connectivity index (χ1n) is 6.41. The highest BCUT2D eigenvalue weighted by molar-refractivity contribution is 4.85. The zero-order valence-electron chi connectivity index (χ0n) is 10.7. The molecule has 0 spiro atoms. The molecule has 1 rings (SSSR count). The predicted molar refractivity (Wildman–Crippen MR) is 64.9 cm³/mol. The molecule has 1 aliphatic rings. The van der Waals surface area contributed by atoms with E-state index in [4.69, 9.17) is 0 Å². The van der Waals surface area contributed by atoms with E-state index in [1.807, 2.05) is 0 Å². The molecule has 0 saturated carbocycles. The van der Waals surface area contributed by atoms with Crippen molar-refractivity contribution in [3.8, 4) is 0 Å². The summed E-state index contributed by atoms with van der Waals surface area (Å²) in [5.74, 6) is 1.50. The first-order valence-corrected chi connectivity index (χ1v) is 6.41. The molecular weight excluding hydrogens is 186 g/mol.